The number of rotatable bonds is 6. The molecule has 28 heavy (non-hydrogen) atoms. The van der Waals surface area contributed by atoms with E-state index in [0.717, 1.165) is 5.56 Å². The first-order chi connectivity index (χ1) is 13.3. The average Bonchev–Trinajstić information content (AvgIpc) is 2.70. The molecule has 0 bridgehead atoms. The zero-order valence-electron chi connectivity index (χ0n) is 17.0. The van der Waals surface area contributed by atoms with Crippen LogP contribution < -0.4 is 18.9 Å². The topological polar surface area (TPSA) is 66.9 Å². The summed E-state index contributed by atoms with van der Waals surface area (Å²) >= 11 is 0. The molecule has 0 saturated carbocycles. The number of benzene rings is 1. The van der Waals surface area contributed by atoms with Gasteiger partial charge in [0.05, 0.1) is 44.1 Å². The predicted molar refractivity (Wildman–Crippen MR) is 107 cm³/mol. The van der Waals surface area contributed by atoms with E-state index in [2.05, 4.69) is 4.98 Å². The van der Waals surface area contributed by atoms with Crippen molar-refractivity contribution in [2.45, 2.75) is 32.3 Å². The molecule has 1 atom stereocenters. The molecule has 0 spiro atoms. The number of carbonyl (C=O) groups excluding carboxylic acids is 1. The summed E-state index contributed by atoms with van der Waals surface area (Å²) in [6, 6.07) is 7.06. The molecule has 1 aliphatic heterocycles. The maximum absolute atomic E-state index is 13.2. The van der Waals surface area contributed by atoms with Gasteiger partial charge in [-0.2, -0.15) is 0 Å². The summed E-state index contributed by atoms with van der Waals surface area (Å²) < 4.78 is 22.0. The summed E-state index contributed by atoms with van der Waals surface area (Å²) in [5.74, 6) is 1.46. The summed E-state index contributed by atoms with van der Waals surface area (Å²) in [6.45, 7) is 5.76. The Hall–Kier alpha value is -3.02. The molecule has 0 aliphatic carbocycles. The van der Waals surface area contributed by atoms with E-state index < -0.39 is 11.5 Å². The van der Waals surface area contributed by atoms with Crippen molar-refractivity contribution in [3.8, 4) is 23.1 Å². The van der Waals surface area contributed by atoms with Crippen molar-refractivity contribution in [2.24, 2.45) is 0 Å². The third-order valence-corrected chi connectivity index (χ3v) is 4.75. The molecular formula is C22H25NO5. The van der Waals surface area contributed by atoms with Crippen LogP contribution in [0.15, 0.2) is 30.3 Å². The number of ketones is 1. The van der Waals surface area contributed by atoms with E-state index in [1.54, 1.807) is 32.4 Å². The molecule has 0 amide bonds. The molecule has 0 fully saturated rings. The second kappa shape index (κ2) is 7.54. The van der Waals surface area contributed by atoms with Gasteiger partial charge in [0.2, 0.25) is 0 Å². The van der Waals surface area contributed by atoms with E-state index >= 15 is 0 Å². The Morgan fingerprint density at radius 1 is 1.07 bits per heavy atom. The van der Waals surface area contributed by atoms with E-state index in [-0.39, 0.29) is 5.78 Å². The van der Waals surface area contributed by atoms with Gasteiger partial charge in [-0.3, -0.25) is 4.79 Å². The standard InChI is InChI=1S/C22H25NO5/c1-13(16-8-10-18(25-4)21(23-16)27-6)19(24)15-7-9-17-14(20(15)26-5)11-12-22(2,3)28-17/h7-13H,1-6H3. The van der Waals surface area contributed by atoms with Crippen LogP contribution in [-0.2, 0) is 0 Å². The quantitative estimate of drug-likeness (QED) is 0.694. The summed E-state index contributed by atoms with van der Waals surface area (Å²) in [6.07, 6.45) is 3.89. The molecule has 0 radical (unpaired) electrons. The zero-order chi connectivity index (χ0) is 20.5. The molecule has 0 N–H and O–H groups in total. The van der Waals surface area contributed by atoms with Crippen molar-refractivity contribution >= 4 is 11.9 Å². The molecule has 6 nitrogen and oxygen atoms in total. The van der Waals surface area contributed by atoms with Gasteiger partial charge in [0, 0.05) is 0 Å². The Morgan fingerprint density at radius 2 is 1.82 bits per heavy atom. The maximum atomic E-state index is 13.2. The summed E-state index contributed by atoms with van der Waals surface area (Å²) in [5.41, 5.74) is 1.44. The zero-order valence-corrected chi connectivity index (χ0v) is 17.0. The lowest BCUT2D eigenvalue weighted by atomic mass is 9.92. The second-order valence-corrected chi connectivity index (χ2v) is 7.13. The van der Waals surface area contributed by atoms with Crippen molar-refractivity contribution < 1.29 is 23.7 Å². The Kier molecular flexibility index (Phi) is 5.31. The molecule has 1 unspecified atom stereocenters. The normalized spacial score (nSPS) is 15.2. The Labute approximate surface area is 165 Å². The van der Waals surface area contributed by atoms with Gasteiger partial charge < -0.3 is 18.9 Å². The first-order valence-electron chi connectivity index (χ1n) is 9.03. The first kappa shape index (κ1) is 19.7. The number of carbonyl (C=O) groups is 1. The number of hydrogen-bond donors (Lipinski definition) is 0. The number of methoxy groups -OCH3 is 3. The maximum Gasteiger partial charge on any atom is 0.256 e. The van der Waals surface area contributed by atoms with E-state index in [1.807, 2.05) is 39.0 Å². The Bertz CT molecular complexity index is 933. The molecule has 1 aliphatic rings. The number of ether oxygens (including phenoxy) is 4. The third-order valence-electron chi connectivity index (χ3n) is 4.75. The van der Waals surface area contributed by atoms with Gasteiger partial charge in [0.1, 0.15) is 17.1 Å². The van der Waals surface area contributed by atoms with Gasteiger partial charge in [-0.1, -0.05) is 0 Å². The summed E-state index contributed by atoms with van der Waals surface area (Å²) in [5, 5.41) is 0. The van der Waals surface area contributed by atoms with E-state index in [1.165, 1.54) is 7.11 Å². The molecule has 6 heteroatoms. The van der Waals surface area contributed by atoms with Crippen molar-refractivity contribution in [1.29, 1.82) is 0 Å². The SMILES string of the molecule is COc1ccc(C(C)C(=O)c2ccc3c(c2OC)C=CC(C)(C)O3)nc1OC. The van der Waals surface area contributed by atoms with Crippen molar-refractivity contribution in [3.63, 3.8) is 0 Å². The number of aromatic nitrogens is 1. The van der Waals surface area contributed by atoms with Crippen LogP contribution in [0.5, 0.6) is 23.1 Å². The van der Waals surface area contributed by atoms with Gasteiger partial charge in [-0.05, 0) is 57.2 Å². The highest BCUT2D eigenvalue weighted by atomic mass is 16.5. The van der Waals surface area contributed by atoms with Crippen LogP contribution in [-0.4, -0.2) is 37.7 Å². The van der Waals surface area contributed by atoms with Crippen LogP contribution in [0.2, 0.25) is 0 Å². The van der Waals surface area contributed by atoms with Gasteiger partial charge in [-0.25, -0.2) is 4.98 Å². The largest absolute Gasteiger partial charge is 0.495 e. The molecule has 2 heterocycles. The molecule has 0 saturated heterocycles. The van der Waals surface area contributed by atoms with Gasteiger partial charge in [-0.15, -0.1) is 0 Å². The summed E-state index contributed by atoms with van der Waals surface area (Å²) in [4.78, 5) is 17.7. The highest BCUT2D eigenvalue weighted by Crippen LogP contribution is 2.40. The fraction of sp³-hybridized carbons (Fsp3) is 0.364. The molecule has 3 rings (SSSR count). The molecule has 1 aromatic carbocycles. The van der Waals surface area contributed by atoms with Crippen LogP contribution in [0.25, 0.3) is 6.08 Å². The van der Waals surface area contributed by atoms with Crippen molar-refractivity contribution in [1.82, 2.24) is 4.98 Å². The third kappa shape index (κ3) is 3.54. The monoisotopic (exact) mass is 383 g/mol. The average molecular weight is 383 g/mol. The number of hydrogen-bond acceptors (Lipinski definition) is 6. The number of pyridine rings is 1. The fourth-order valence-corrected chi connectivity index (χ4v) is 3.20. The van der Waals surface area contributed by atoms with Gasteiger partial charge in [0.25, 0.3) is 5.88 Å². The predicted octanol–water partition coefficient (Wildman–Crippen LogP) is 4.28. The highest BCUT2D eigenvalue weighted by molar-refractivity contribution is 6.04. The fourth-order valence-electron chi connectivity index (χ4n) is 3.20. The van der Waals surface area contributed by atoms with Crippen molar-refractivity contribution in [2.75, 3.05) is 21.3 Å². The van der Waals surface area contributed by atoms with E-state index in [4.69, 9.17) is 18.9 Å². The van der Waals surface area contributed by atoms with E-state index in [9.17, 15) is 4.79 Å². The molecule has 2 aromatic rings. The molecular weight excluding hydrogens is 358 g/mol. The number of nitrogens with zero attached hydrogens (tertiary/aromatic N) is 1. The lowest BCUT2D eigenvalue weighted by molar-refractivity contribution is 0.0961. The summed E-state index contributed by atoms with van der Waals surface area (Å²) in [7, 11) is 4.61. The van der Waals surface area contributed by atoms with Crippen LogP contribution in [0.3, 0.4) is 0 Å². The first-order valence-corrected chi connectivity index (χ1v) is 9.03. The van der Waals surface area contributed by atoms with Crippen LogP contribution >= 0.6 is 0 Å². The number of Topliss-reactive ketones (excluding diaryl/α,β-unsaturated/α-hetero) is 1. The number of fused-ring (bicyclic) bond motifs is 1. The van der Waals surface area contributed by atoms with Crippen LogP contribution in [0, 0.1) is 0 Å². The molecule has 1 aromatic heterocycles. The van der Waals surface area contributed by atoms with Gasteiger partial charge >= 0.3 is 0 Å². The highest BCUT2D eigenvalue weighted by Gasteiger charge is 2.29. The minimum atomic E-state index is -0.489. The van der Waals surface area contributed by atoms with E-state index in [0.29, 0.717) is 34.4 Å². The smallest absolute Gasteiger partial charge is 0.256 e. The lowest BCUT2D eigenvalue weighted by Crippen LogP contribution is -2.27. The lowest BCUT2D eigenvalue weighted by Gasteiger charge is -2.29. The van der Waals surface area contributed by atoms with Gasteiger partial charge in [0.15, 0.2) is 11.5 Å². The Balaban J connectivity index is 1.99. The van der Waals surface area contributed by atoms with Crippen molar-refractivity contribution in [3.05, 3.63) is 47.2 Å². The molecule has 148 valence electrons. The van der Waals surface area contributed by atoms with Crippen LogP contribution in [0.1, 0.15) is 48.3 Å². The second-order valence-electron chi connectivity index (χ2n) is 7.13. The van der Waals surface area contributed by atoms with Crippen LogP contribution in [0.4, 0.5) is 0 Å². The Morgan fingerprint density at radius 3 is 2.46 bits per heavy atom. The minimum absolute atomic E-state index is 0.0994. The minimum Gasteiger partial charge on any atom is -0.495 e.